The third kappa shape index (κ3) is 5.13. The predicted molar refractivity (Wildman–Crippen MR) is 74.2 cm³/mol. The monoisotopic (exact) mass is 282 g/mol. The standard InChI is InChI=1S/C13H18N2O5/c1-9(4-3-5-13(16)17)14-10-6-11(15(18)19)8-12(7-10)20-2/h6-9,14H,3-5H2,1-2H3,(H,16,17). The Labute approximate surface area is 116 Å². The highest BCUT2D eigenvalue weighted by molar-refractivity contribution is 5.66. The molecule has 0 aromatic heterocycles. The van der Waals surface area contributed by atoms with Crippen LogP contribution in [0.5, 0.6) is 5.75 Å². The Balaban J connectivity index is 2.68. The van der Waals surface area contributed by atoms with Crippen LogP contribution in [0.3, 0.4) is 0 Å². The van der Waals surface area contributed by atoms with Crippen molar-refractivity contribution in [2.24, 2.45) is 0 Å². The van der Waals surface area contributed by atoms with Crippen LogP contribution >= 0.6 is 0 Å². The summed E-state index contributed by atoms with van der Waals surface area (Å²) in [6.45, 7) is 1.90. The van der Waals surface area contributed by atoms with Gasteiger partial charge in [0.15, 0.2) is 0 Å². The van der Waals surface area contributed by atoms with Gasteiger partial charge < -0.3 is 15.2 Å². The Bertz CT molecular complexity index is 490. The average molecular weight is 282 g/mol. The second-order valence-electron chi connectivity index (χ2n) is 4.51. The van der Waals surface area contributed by atoms with Crippen LogP contribution in [0.25, 0.3) is 0 Å². The van der Waals surface area contributed by atoms with E-state index in [9.17, 15) is 14.9 Å². The number of rotatable bonds is 8. The van der Waals surface area contributed by atoms with Crippen molar-refractivity contribution >= 4 is 17.3 Å². The van der Waals surface area contributed by atoms with Gasteiger partial charge in [-0.2, -0.15) is 0 Å². The Hall–Kier alpha value is -2.31. The number of hydrogen-bond donors (Lipinski definition) is 2. The summed E-state index contributed by atoms with van der Waals surface area (Å²) in [6, 6.07) is 4.46. The van der Waals surface area contributed by atoms with Crippen LogP contribution in [0, 0.1) is 10.1 Å². The molecule has 0 saturated heterocycles. The van der Waals surface area contributed by atoms with Crippen molar-refractivity contribution in [1.82, 2.24) is 0 Å². The average Bonchev–Trinajstić information content (AvgIpc) is 2.37. The van der Waals surface area contributed by atoms with Gasteiger partial charge in [0, 0.05) is 30.3 Å². The summed E-state index contributed by atoms with van der Waals surface area (Å²) in [4.78, 5) is 20.8. The minimum atomic E-state index is -0.825. The van der Waals surface area contributed by atoms with Crippen LogP contribution in [0.15, 0.2) is 18.2 Å². The van der Waals surface area contributed by atoms with E-state index in [-0.39, 0.29) is 18.2 Å². The number of aliphatic carboxylic acids is 1. The number of non-ortho nitro benzene ring substituents is 1. The first kappa shape index (κ1) is 15.7. The maximum Gasteiger partial charge on any atom is 0.303 e. The smallest absolute Gasteiger partial charge is 0.303 e. The van der Waals surface area contributed by atoms with E-state index in [1.807, 2.05) is 6.92 Å². The predicted octanol–water partition coefficient (Wildman–Crippen LogP) is 2.66. The van der Waals surface area contributed by atoms with Gasteiger partial charge in [-0.05, 0) is 19.8 Å². The van der Waals surface area contributed by atoms with Gasteiger partial charge in [0.05, 0.1) is 18.1 Å². The van der Waals surface area contributed by atoms with Crippen LogP contribution in [-0.4, -0.2) is 29.2 Å². The molecule has 0 bridgehead atoms. The number of nitrogens with zero attached hydrogens (tertiary/aromatic N) is 1. The van der Waals surface area contributed by atoms with Gasteiger partial charge in [0.25, 0.3) is 5.69 Å². The van der Waals surface area contributed by atoms with E-state index in [2.05, 4.69) is 5.32 Å². The van der Waals surface area contributed by atoms with E-state index in [0.29, 0.717) is 24.3 Å². The van der Waals surface area contributed by atoms with Crippen molar-refractivity contribution in [3.05, 3.63) is 28.3 Å². The number of carboxylic acids is 1. The van der Waals surface area contributed by atoms with Crippen molar-refractivity contribution < 1.29 is 19.6 Å². The first-order chi connectivity index (χ1) is 9.42. The zero-order valence-electron chi connectivity index (χ0n) is 11.5. The van der Waals surface area contributed by atoms with E-state index in [1.165, 1.54) is 19.2 Å². The fourth-order valence-electron chi connectivity index (χ4n) is 1.81. The number of carboxylic acid groups (broad SMARTS) is 1. The van der Waals surface area contributed by atoms with Crippen molar-refractivity contribution in [2.45, 2.75) is 32.2 Å². The first-order valence-corrected chi connectivity index (χ1v) is 6.24. The number of carbonyl (C=O) groups is 1. The molecule has 1 unspecified atom stereocenters. The topological polar surface area (TPSA) is 102 Å². The van der Waals surface area contributed by atoms with Gasteiger partial charge >= 0.3 is 5.97 Å². The van der Waals surface area contributed by atoms with E-state index in [1.54, 1.807) is 6.07 Å². The van der Waals surface area contributed by atoms with Gasteiger partial charge in [-0.15, -0.1) is 0 Å². The second kappa shape index (κ2) is 7.32. The zero-order valence-corrected chi connectivity index (χ0v) is 11.5. The lowest BCUT2D eigenvalue weighted by molar-refractivity contribution is -0.384. The van der Waals surface area contributed by atoms with E-state index < -0.39 is 10.9 Å². The Kier molecular flexibility index (Phi) is 5.76. The molecule has 0 spiro atoms. The van der Waals surface area contributed by atoms with Crippen molar-refractivity contribution in [3.63, 3.8) is 0 Å². The lowest BCUT2D eigenvalue weighted by Crippen LogP contribution is -2.15. The molecule has 1 aromatic carbocycles. The van der Waals surface area contributed by atoms with Crippen molar-refractivity contribution in [1.29, 1.82) is 0 Å². The molecule has 0 fully saturated rings. The Morgan fingerprint density at radius 1 is 1.50 bits per heavy atom. The Morgan fingerprint density at radius 2 is 2.20 bits per heavy atom. The van der Waals surface area contributed by atoms with Gasteiger partial charge in [-0.25, -0.2) is 0 Å². The quantitative estimate of drug-likeness (QED) is 0.561. The number of benzene rings is 1. The number of methoxy groups -OCH3 is 1. The SMILES string of the molecule is COc1cc(NC(C)CCCC(=O)O)cc([N+](=O)[O-])c1. The highest BCUT2D eigenvalue weighted by Gasteiger charge is 2.12. The van der Waals surface area contributed by atoms with Crippen LogP contribution in [0.1, 0.15) is 26.2 Å². The molecule has 7 heteroatoms. The molecular weight excluding hydrogens is 264 g/mol. The number of anilines is 1. The fourth-order valence-corrected chi connectivity index (χ4v) is 1.81. The van der Waals surface area contributed by atoms with Gasteiger partial charge in [-0.1, -0.05) is 0 Å². The molecule has 7 nitrogen and oxygen atoms in total. The molecule has 0 saturated carbocycles. The summed E-state index contributed by atoms with van der Waals surface area (Å²) < 4.78 is 5.02. The molecule has 0 aliphatic heterocycles. The third-order valence-corrected chi connectivity index (χ3v) is 2.78. The zero-order chi connectivity index (χ0) is 15.1. The molecular formula is C13H18N2O5. The molecule has 0 radical (unpaired) electrons. The highest BCUT2D eigenvalue weighted by Crippen LogP contribution is 2.26. The third-order valence-electron chi connectivity index (χ3n) is 2.78. The molecule has 110 valence electrons. The molecule has 0 aliphatic carbocycles. The van der Waals surface area contributed by atoms with E-state index in [0.717, 1.165) is 0 Å². The second-order valence-corrected chi connectivity index (χ2v) is 4.51. The molecule has 2 N–H and O–H groups in total. The first-order valence-electron chi connectivity index (χ1n) is 6.24. The van der Waals surface area contributed by atoms with Gasteiger partial charge in [0.2, 0.25) is 0 Å². The van der Waals surface area contributed by atoms with Crippen LogP contribution < -0.4 is 10.1 Å². The number of ether oxygens (including phenoxy) is 1. The van der Waals surface area contributed by atoms with Crippen LogP contribution in [0.2, 0.25) is 0 Å². The maximum absolute atomic E-state index is 10.8. The molecule has 0 amide bonds. The normalized spacial score (nSPS) is 11.7. The molecule has 0 heterocycles. The highest BCUT2D eigenvalue weighted by atomic mass is 16.6. The van der Waals surface area contributed by atoms with Crippen molar-refractivity contribution in [2.75, 3.05) is 12.4 Å². The minimum Gasteiger partial charge on any atom is -0.496 e. The fraction of sp³-hybridized carbons (Fsp3) is 0.462. The van der Waals surface area contributed by atoms with Gasteiger partial charge in [0.1, 0.15) is 5.75 Å². The molecule has 0 aliphatic rings. The lowest BCUT2D eigenvalue weighted by Gasteiger charge is -2.15. The summed E-state index contributed by atoms with van der Waals surface area (Å²) in [7, 11) is 1.44. The van der Waals surface area contributed by atoms with E-state index in [4.69, 9.17) is 9.84 Å². The number of nitro benzene ring substituents is 1. The maximum atomic E-state index is 10.8. The van der Waals surface area contributed by atoms with Crippen LogP contribution in [-0.2, 0) is 4.79 Å². The molecule has 1 aromatic rings. The summed E-state index contributed by atoms with van der Waals surface area (Å²) in [5, 5.41) is 22.5. The summed E-state index contributed by atoms with van der Waals surface area (Å²) in [5.74, 6) is -0.423. The summed E-state index contributed by atoms with van der Waals surface area (Å²) in [6.07, 6.45) is 1.33. The largest absolute Gasteiger partial charge is 0.496 e. The number of hydrogen-bond acceptors (Lipinski definition) is 5. The molecule has 1 atom stereocenters. The Morgan fingerprint density at radius 3 is 2.75 bits per heavy atom. The molecule has 20 heavy (non-hydrogen) atoms. The van der Waals surface area contributed by atoms with Crippen molar-refractivity contribution in [3.8, 4) is 5.75 Å². The van der Waals surface area contributed by atoms with E-state index >= 15 is 0 Å². The summed E-state index contributed by atoms with van der Waals surface area (Å²) >= 11 is 0. The lowest BCUT2D eigenvalue weighted by atomic mass is 10.1. The van der Waals surface area contributed by atoms with Gasteiger partial charge in [-0.3, -0.25) is 14.9 Å². The number of nitrogens with one attached hydrogen (secondary N) is 1. The minimum absolute atomic E-state index is 0.0149. The van der Waals surface area contributed by atoms with Crippen LogP contribution in [0.4, 0.5) is 11.4 Å². The summed E-state index contributed by atoms with van der Waals surface area (Å²) in [5.41, 5.74) is 0.531. The number of nitro groups is 1. The molecule has 1 rings (SSSR count).